The Morgan fingerprint density at radius 3 is 1.39 bits per heavy atom. The summed E-state index contributed by atoms with van der Waals surface area (Å²) in [6.45, 7) is 8.23. The first-order valence-electron chi connectivity index (χ1n) is 38.9. The summed E-state index contributed by atoms with van der Waals surface area (Å²) in [5, 5.41) is 68.1. The van der Waals surface area contributed by atoms with Gasteiger partial charge in [-0.2, -0.15) is 0 Å². The molecule has 3 fully saturated rings. The maximum Gasteiger partial charge on any atom is 0.326 e. The van der Waals surface area contributed by atoms with E-state index in [1.165, 1.54) is 60.4 Å². The number of hydrogen-bond acceptors (Lipinski definition) is 21. The van der Waals surface area contributed by atoms with E-state index in [9.17, 15) is 87.5 Å². The lowest BCUT2D eigenvalue weighted by atomic mass is 9.96. The van der Waals surface area contributed by atoms with E-state index < -0.39 is 192 Å². The number of likely N-dealkylation sites (tertiary alicyclic amines) is 2. The fourth-order valence-electron chi connectivity index (χ4n) is 13.4. The van der Waals surface area contributed by atoms with Gasteiger partial charge in [0, 0.05) is 51.9 Å². The van der Waals surface area contributed by atoms with Crippen molar-refractivity contribution in [2.45, 2.75) is 242 Å². The largest absolute Gasteiger partial charge is 0.508 e. The van der Waals surface area contributed by atoms with E-state index in [1.807, 2.05) is 0 Å². The van der Waals surface area contributed by atoms with Crippen molar-refractivity contribution in [3.63, 3.8) is 0 Å². The van der Waals surface area contributed by atoms with Crippen LogP contribution in [0.2, 0.25) is 0 Å². The number of phenols is 2. The Kier molecular flexibility index (Phi) is 38.4. The number of hydrogen-bond donors (Lipinski definition) is 21. The van der Waals surface area contributed by atoms with Crippen molar-refractivity contribution in [3.05, 3.63) is 59.7 Å². The molecule has 41 nitrogen and oxygen atoms in total. The van der Waals surface area contributed by atoms with Crippen molar-refractivity contribution in [1.29, 1.82) is 0 Å². The van der Waals surface area contributed by atoms with E-state index in [0.29, 0.717) is 24.0 Å². The van der Waals surface area contributed by atoms with Crippen LogP contribution in [-0.2, 0) is 89.6 Å². The molecular weight excluding hydrogens is 1510 g/mol. The predicted molar refractivity (Wildman–Crippen MR) is 419 cm³/mol. The number of benzene rings is 2. The Bertz CT molecular complexity index is 3840. The number of carboxylic acid groups (broad SMARTS) is 2. The summed E-state index contributed by atoms with van der Waals surface area (Å²) < 4.78 is 0. The van der Waals surface area contributed by atoms with Crippen LogP contribution in [0.25, 0.3) is 0 Å². The number of nitrogens with one attached hydrogen (secondary N) is 11. The highest BCUT2D eigenvalue weighted by Crippen LogP contribution is 2.25. The van der Waals surface area contributed by atoms with Gasteiger partial charge in [0.1, 0.15) is 90.0 Å². The molecule has 0 unspecified atom stereocenters. The first-order chi connectivity index (χ1) is 54.9. The number of aromatic hydroxyl groups is 2. The SMILES string of the molecule is CC[C@H](C)[C@H](NC(=O)[C@H](Cc1ccc(O)cc1)NC(=O)[C@@H]1CCCN1C(=O)[C@H](CCCN=C(N)N)NC(=O)[C@H](CCCN=C(N)N)NC(=O)[C@@H]1CCCN1C(=O)[C@H](CCCCN)NC(=O)[C@H](CC(N)=O)NC(=O)[C@H](CCC(=O)O)NC(=O)[C@H](Cc1ccc(O)cc1)NC(=O)[C@H](C)NC(=O)[C@@H]1CCC(=O)N1)C(=O)N[C@@H](CC(C)C)C(=O)O. The normalized spacial score (nSPS) is 17.9. The maximum atomic E-state index is 15.1. The minimum Gasteiger partial charge on any atom is -0.508 e. The number of guanidine groups is 2. The van der Waals surface area contributed by atoms with Crippen LogP contribution in [0.4, 0.5) is 0 Å². The number of primary amides is 1. The Morgan fingerprint density at radius 1 is 0.500 bits per heavy atom. The number of amides is 14. The van der Waals surface area contributed by atoms with E-state index in [0.717, 1.165) is 4.90 Å². The lowest BCUT2D eigenvalue weighted by molar-refractivity contribution is -0.144. The maximum absolute atomic E-state index is 15.1. The number of carbonyl (C=O) groups excluding carboxylic acids is 14. The smallest absolute Gasteiger partial charge is 0.326 e. The number of nitrogens with zero attached hydrogens (tertiary/aromatic N) is 4. The number of carboxylic acids is 2. The van der Waals surface area contributed by atoms with Crippen LogP contribution in [0.3, 0.4) is 0 Å². The molecule has 14 amide bonds. The Labute approximate surface area is 671 Å². The van der Waals surface area contributed by atoms with Crippen LogP contribution in [0, 0.1) is 11.8 Å². The summed E-state index contributed by atoms with van der Waals surface area (Å²) in [5.41, 5.74) is 34.8. The van der Waals surface area contributed by atoms with Gasteiger partial charge in [0.15, 0.2) is 11.9 Å². The third-order valence-corrected chi connectivity index (χ3v) is 19.9. The third-order valence-electron chi connectivity index (χ3n) is 19.9. The standard InChI is InChI=1S/C75H115N21O20/c1-6-40(4)60(70(112)93-54(73(115)116)35-39(2)3)94-67(109)52(37-43-20-24-45(98)25-21-43)92-69(111)56-17-12-34-96(56)72(114)50(15-10-32-83-75(80)81)88-63(105)46(14-9-31-82-74(78)79)87-68(110)55-16-11-33-95(55)71(113)49(13-7-8-30-76)89-66(108)53(38-57(77)99)91-64(106)48(27-29-59(101)102)86-65(107)51(36-42-18-22-44(97)23-19-42)90-61(103)41(5)84-62(104)47-26-28-58(100)85-47/h18-25,39-41,46-56,60,97-98H,6-17,26-38,76H2,1-5H3,(H2,77,99)(H,84,104)(H,85,100)(H,86,107)(H,87,110)(H,88,105)(H,89,108)(H,90,103)(H,91,106)(H,92,111)(H,93,112)(H,94,109)(H,101,102)(H,115,116)(H4,78,79,82)(H4,80,81,83)/t40-,41-,46-,47-,48-,49-,50-,51-,52-,53-,54-,55-,56-,60-/m0/s1. The molecule has 640 valence electrons. The van der Waals surface area contributed by atoms with E-state index >= 15 is 9.59 Å². The highest BCUT2D eigenvalue weighted by Gasteiger charge is 2.44. The highest BCUT2D eigenvalue weighted by atomic mass is 16.4. The molecule has 0 aliphatic carbocycles. The molecule has 27 N–H and O–H groups in total. The fourth-order valence-corrected chi connectivity index (χ4v) is 13.4. The number of nitrogens with two attached hydrogens (primary N) is 6. The van der Waals surface area contributed by atoms with Crippen LogP contribution in [0.1, 0.15) is 161 Å². The van der Waals surface area contributed by atoms with Crippen LogP contribution in [-0.4, -0.2) is 248 Å². The number of aliphatic carboxylic acids is 2. The first-order valence-corrected chi connectivity index (χ1v) is 38.9. The average molecular weight is 1630 g/mol. The Balaban J connectivity index is 1.40. The summed E-state index contributed by atoms with van der Waals surface area (Å²) in [6, 6.07) is -7.47. The minimum atomic E-state index is -1.93. The molecule has 2 aromatic carbocycles. The molecule has 0 aromatic heterocycles. The molecule has 3 aliphatic heterocycles. The second-order valence-corrected chi connectivity index (χ2v) is 29.6. The van der Waals surface area contributed by atoms with Gasteiger partial charge in [-0.05, 0) is 151 Å². The molecule has 0 saturated carbocycles. The van der Waals surface area contributed by atoms with Gasteiger partial charge in [-0.25, -0.2) is 4.79 Å². The summed E-state index contributed by atoms with van der Waals surface area (Å²) in [4.78, 5) is 232. The summed E-state index contributed by atoms with van der Waals surface area (Å²) in [6.07, 6.45) is -1.51. The predicted octanol–water partition coefficient (Wildman–Crippen LogP) is -4.84. The number of aliphatic imine (C=N–C) groups is 2. The average Bonchev–Trinajstić information content (AvgIpc) is 1.60. The van der Waals surface area contributed by atoms with Gasteiger partial charge in [-0.15, -0.1) is 0 Å². The molecule has 0 radical (unpaired) electrons. The van der Waals surface area contributed by atoms with Crippen LogP contribution in [0.15, 0.2) is 58.5 Å². The van der Waals surface area contributed by atoms with E-state index in [2.05, 4.69) is 68.5 Å². The zero-order valence-corrected chi connectivity index (χ0v) is 66.0. The van der Waals surface area contributed by atoms with E-state index in [4.69, 9.17) is 34.4 Å². The molecule has 3 saturated heterocycles. The number of carbonyl (C=O) groups is 16. The van der Waals surface area contributed by atoms with Gasteiger partial charge in [-0.3, -0.25) is 81.9 Å². The second kappa shape index (κ2) is 47.0. The lowest BCUT2D eigenvalue weighted by Crippen LogP contribution is -2.61. The monoisotopic (exact) mass is 1630 g/mol. The van der Waals surface area contributed by atoms with Gasteiger partial charge >= 0.3 is 11.9 Å². The lowest BCUT2D eigenvalue weighted by Gasteiger charge is -2.32. The van der Waals surface area contributed by atoms with Crippen molar-refractivity contribution in [2.75, 3.05) is 32.7 Å². The third kappa shape index (κ3) is 31.1. The second-order valence-electron chi connectivity index (χ2n) is 29.6. The molecule has 14 atom stereocenters. The Hall–Kier alpha value is -11.9. The summed E-state index contributed by atoms with van der Waals surface area (Å²) in [5.74, 6) is -16.6. The minimum absolute atomic E-state index is 0.00472. The molecule has 0 spiro atoms. The number of unbranched alkanes of at least 4 members (excludes halogenated alkanes) is 1. The van der Waals surface area contributed by atoms with Gasteiger partial charge in [-0.1, -0.05) is 58.4 Å². The van der Waals surface area contributed by atoms with Gasteiger partial charge in [0.25, 0.3) is 0 Å². The van der Waals surface area contributed by atoms with Gasteiger partial charge < -0.3 is 123 Å². The van der Waals surface area contributed by atoms with Gasteiger partial charge in [0.2, 0.25) is 82.7 Å². The zero-order valence-electron chi connectivity index (χ0n) is 66.0. The van der Waals surface area contributed by atoms with E-state index in [1.54, 1.807) is 27.7 Å². The number of phenolic OH excluding ortho intramolecular Hbond substituents is 2. The van der Waals surface area contributed by atoms with Crippen LogP contribution >= 0.6 is 0 Å². The molecule has 3 aliphatic rings. The molecular formula is C75H115N21O20. The summed E-state index contributed by atoms with van der Waals surface area (Å²) >= 11 is 0. The molecule has 116 heavy (non-hydrogen) atoms. The molecule has 0 bridgehead atoms. The topological polar surface area (TPSA) is 674 Å². The Morgan fingerprint density at radius 2 is 0.931 bits per heavy atom. The van der Waals surface area contributed by atoms with Crippen LogP contribution < -0.4 is 92.9 Å². The van der Waals surface area contributed by atoms with Crippen molar-refractivity contribution >= 4 is 107 Å². The van der Waals surface area contributed by atoms with Crippen molar-refractivity contribution in [2.24, 2.45) is 56.2 Å². The molecule has 5 rings (SSSR count). The molecule has 41 heteroatoms. The molecule has 2 aromatic rings. The van der Waals surface area contributed by atoms with Crippen LogP contribution in [0.5, 0.6) is 11.5 Å². The van der Waals surface area contributed by atoms with Gasteiger partial charge in [0.05, 0.1) is 6.42 Å². The first kappa shape index (κ1) is 94.7. The van der Waals surface area contributed by atoms with Crippen molar-refractivity contribution in [3.8, 4) is 11.5 Å². The number of rotatable bonds is 48. The summed E-state index contributed by atoms with van der Waals surface area (Å²) in [7, 11) is 0. The quantitative estimate of drug-likeness (QED) is 0.0168. The molecule has 3 heterocycles. The van der Waals surface area contributed by atoms with E-state index in [-0.39, 0.29) is 164 Å². The highest BCUT2D eigenvalue weighted by molar-refractivity contribution is 6.01. The van der Waals surface area contributed by atoms with Crippen molar-refractivity contribution in [1.82, 2.24) is 68.3 Å². The fraction of sp³-hybridized carbons (Fsp3) is 0.600. The zero-order chi connectivity index (χ0) is 86.0. The van der Waals surface area contributed by atoms with Crippen molar-refractivity contribution < 1.29 is 97.1 Å².